The summed E-state index contributed by atoms with van der Waals surface area (Å²) < 4.78 is 37.7. The molecule has 1 amide bonds. The quantitative estimate of drug-likeness (QED) is 0.514. The van der Waals surface area contributed by atoms with Crippen LogP contribution in [-0.2, 0) is 14.8 Å². The van der Waals surface area contributed by atoms with Gasteiger partial charge in [0.2, 0.25) is 15.9 Å². The zero-order valence-corrected chi connectivity index (χ0v) is 18.1. The number of amides is 1. The molecule has 0 saturated heterocycles. The Balaban J connectivity index is 2.01. The fourth-order valence-corrected chi connectivity index (χ4v) is 4.05. The van der Waals surface area contributed by atoms with E-state index in [0.717, 1.165) is 0 Å². The number of nitrogens with one attached hydrogen (secondary N) is 2. The number of carbonyl (C=O) groups is 1. The SMILES string of the molecule is COc1cc(OC)c(NC(=O)CCNS(=O)(=O)c2cc(Br)cnc2N)cc1Cl. The summed E-state index contributed by atoms with van der Waals surface area (Å²) in [5, 5.41) is 2.91. The first kappa shape index (κ1) is 22.2. The van der Waals surface area contributed by atoms with Crippen molar-refractivity contribution in [1.82, 2.24) is 9.71 Å². The molecule has 1 aromatic heterocycles. The van der Waals surface area contributed by atoms with Crippen molar-refractivity contribution < 1.29 is 22.7 Å². The molecule has 0 atom stereocenters. The van der Waals surface area contributed by atoms with Crippen LogP contribution >= 0.6 is 27.5 Å². The number of nitrogens with two attached hydrogens (primary N) is 1. The highest BCUT2D eigenvalue weighted by Gasteiger charge is 2.19. The molecule has 2 aromatic rings. The zero-order valence-electron chi connectivity index (χ0n) is 15.0. The topological polar surface area (TPSA) is 133 Å². The van der Waals surface area contributed by atoms with Gasteiger partial charge in [-0.2, -0.15) is 0 Å². The number of pyridine rings is 1. The van der Waals surface area contributed by atoms with E-state index in [1.165, 1.54) is 38.6 Å². The molecule has 12 heteroatoms. The molecule has 0 aliphatic carbocycles. The van der Waals surface area contributed by atoms with Crippen LogP contribution in [0.5, 0.6) is 11.5 Å². The van der Waals surface area contributed by atoms with Gasteiger partial charge in [-0.05, 0) is 28.1 Å². The van der Waals surface area contributed by atoms with Gasteiger partial charge in [0.1, 0.15) is 22.2 Å². The lowest BCUT2D eigenvalue weighted by Gasteiger charge is -2.13. The largest absolute Gasteiger partial charge is 0.495 e. The summed E-state index contributed by atoms with van der Waals surface area (Å²) in [7, 11) is -1.03. The number of benzene rings is 1. The van der Waals surface area contributed by atoms with E-state index in [-0.39, 0.29) is 28.7 Å². The third-order valence-corrected chi connectivity index (χ3v) is 5.75. The normalized spacial score (nSPS) is 11.1. The number of hydrogen-bond acceptors (Lipinski definition) is 7. The predicted molar refractivity (Wildman–Crippen MR) is 109 cm³/mol. The first-order valence-corrected chi connectivity index (χ1v) is 10.5. The first-order valence-electron chi connectivity index (χ1n) is 7.80. The van der Waals surface area contributed by atoms with Crippen molar-refractivity contribution in [3.8, 4) is 11.5 Å². The molecule has 0 aliphatic rings. The van der Waals surface area contributed by atoms with Crippen LogP contribution in [0.1, 0.15) is 6.42 Å². The molecule has 0 spiro atoms. The third-order valence-electron chi connectivity index (χ3n) is 3.53. The minimum absolute atomic E-state index is 0.132. The number of anilines is 2. The Morgan fingerprint density at radius 2 is 1.93 bits per heavy atom. The average Bonchev–Trinajstić information content (AvgIpc) is 2.63. The van der Waals surface area contributed by atoms with Crippen molar-refractivity contribution in [3.05, 3.63) is 33.9 Å². The fraction of sp³-hybridized carbons (Fsp3) is 0.250. The lowest BCUT2D eigenvalue weighted by Crippen LogP contribution is -2.28. The number of methoxy groups -OCH3 is 2. The number of rotatable bonds is 8. The monoisotopic (exact) mass is 492 g/mol. The van der Waals surface area contributed by atoms with Crippen LogP contribution in [0.2, 0.25) is 5.02 Å². The maximum absolute atomic E-state index is 12.3. The maximum Gasteiger partial charge on any atom is 0.244 e. The van der Waals surface area contributed by atoms with Crippen molar-refractivity contribution in [3.63, 3.8) is 0 Å². The highest BCUT2D eigenvalue weighted by atomic mass is 79.9. The highest BCUT2D eigenvalue weighted by Crippen LogP contribution is 2.35. The molecule has 152 valence electrons. The summed E-state index contributed by atoms with van der Waals surface area (Å²) in [5.41, 5.74) is 5.95. The molecule has 0 fully saturated rings. The van der Waals surface area contributed by atoms with Crippen LogP contribution in [0.3, 0.4) is 0 Å². The Kier molecular flexibility index (Phi) is 7.47. The molecular formula is C16H18BrClN4O5S. The standard InChI is InChI=1S/C16H18BrClN4O5S/c1-26-12-7-13(27-2)11(6-10(12)18)22-15(23)3-4-21-28(24,25)14-5-9(17)8-20-16(14)19/h5-8,21H,3-4H2,1-2H3,(H2,19,20)(H,22,23). The van der Waals surface area contributed by atoms with E-state index in [9.17, 15) is 13.2 Å². The molecule has 0 aliphatic heterocycles. The van der Waals surface area contributed by atoms with Gasteiger partial charge < -0.3 is 20.5 Å². The summed E-state index contributed by atoms with van der Waals surface area (Å²) >= 11 is 9.20. The van der Waals surface area contributed by atoms with E-state index < -0.39 is 15.9 Å². The second-order valence-corrected chi connectivity index (χ2v) is 8.48. The Labute approximate surface area is 175 Å². The molecular weight excluding hydrogens is 476 g/mol. The van der Waals surface area contributed by atoms with Gasteiger partial charge in [-0.1, -0.05) is 11.6 Å². The number of carbonyl (C=O) groups excluding carboxylic acids is 1. The molecule has 9 nitrogen and oxygen atoms in total. The second-order valence-electron chi connectivity index (χ2n) is 5.42. The van der Waals surface area contributed by atoms with Crippen molar-refractivity contribution in [2.75, 3.05) is 31.8 Å². The molecule has 0 radical (unpaired) electrons. The van der Waals surface area contributed by atoms with E-state index in [1.807, 2.05) is 0 Å². The fourth-order valence-electron chi connectivity index (χ4n) is 2.19. The van der Waals surface area contributed by atoms with Gasteiger partial charge in [0.15, 0.2) is 0 Å². The first-order chi connectivity index (χ1) is 13.2. The van der Waals surface area contributed by atoms with Crippen LogP contribution in [0.25, 0.3) is 0 Å². The highest BCUT2D eigenvalue weighted by molar-refractivity contribution is 9.10. The lowest BCUT2D eigenvalue weighted by molar-refractivity contribution is -0.116. The summed E-state index contributed by atoms with van der Waals surface area (Å²) in [4.78, 5) is 15.8. The summed E-state index contributed by atoms with van der Waals surface area (Å²) in [6.07, 6.45) is 1.25. The van der Waals surface area contributed by atoms with Crippen LogP contribution in [0, 0.1) is 0 Å². The van der Waals surface area contributed by atoms with Gasteiger partial charge in [-0.3, -0.25) is 4.79 Å². The van der Waals surface area contributed by atoms with Gasteiger partial charge >= 0.3 is 0 Å². The molecule has 0 bridgehead atoms. The Hall–Kier alpha value is -2.08. The summed E-state index contributed by atoms with van der Waals surface area (Å²) in [6, 6.07) is 4.34. The van der Waals surface area contributed by atoms with Crippen LogP contribution in [-0.4, -0.2) is 40.1 Å². The molecule has 0 saturated carbocycles. The summed E-state index contributed by atoms with van der Waals surface area (Å²) in [6.45, 7) is -0.147. The number of ether oxygens (including phenoxy) is 2. The second kappa shape index (κ2) is 9.41. The minimum Gasteiger partial charge on any atom is -0.495 e. The molecule has 28 heavy (non-hydrogen) atoms. The van der Waals surface area contributed by atoms with E-state index in [1.54, 1.807) is 0 Å². The van der Waals surface area contributed by atoms with Gasteiger partial charge in [0, 0.05) is 29.7 Å². The molecule has 1 heterocycles. The molecule has 0 unspecified atom stereocenters. The molecule has 4 N–H and O–H groups in total. The van der Waals surface area contributed by atoms with Gasteiger partial charge in [0.05, 0.1) is 24.9 Å². The maximum atomic E-state index is 12.3. The lowest BCUT2D eigenvalue weighted by atomic mass is 10.2. The van der Waals surface area contributed by atoms with Crippen molar-refractivity contribution in [2.24, 2.45) is 0 Å². The van der Waals surface area contributed by atoms with Gasteiger partial charge in [-0.15, -0.1) is 0 Å². The number of halogens is 2. The summed E-state index contributed by atoms with van der Waals surface area (Å²) in [5.74, 6) is 0.160. The van der Waals surface area contributed by atoms with Crippen molar-refractivity contribution >= 4 is 55.0 Å². The number of nitrogens with zero attached hydrogens (tertiary/aromatic N) is 1. The molecule has 1 aromatic carbocycles. The Morgan fingerprint density at radius 3 is 2.57 bits per heavy atom. The van der Waals surface area contributed by atoms with Crippen LogP contribution < -0.4 is 25.2 Å². The van der Waals surface area contributed by atoms with Gasteiger partial charge in [0.25, 0.3) is 0 Å². The average molecular weight is 494 g/mol. The molecule has 2 rings (SSSR count). The van der Waals surface area contributed by atoms with E-state index in [2.05, 4.69) is 31.0 Å². The van der Waals surface area contributed by atoms with E-state index >= 15 is 0 Å². The smallest absolute Gasteiger partial charge is 0.244 e. The van der Waals surface area contributed by atoms with Crippen LogP contribution in [0.4, 0.5) is 11.5 Å². The van der Waals surface area contributed by atoms with Crippen molar-refractivity contribution in [1.29, 1.82) is 0 Å². The van der Waals surface area contributed by atoms with E-state index in [0.29, 0.717) is 21.7 Å². The van der Waals surface area contributed by atoms with Crippen molar-refractivity contribution in [2.45, 2.75) is 11.3 Å². The third kappa shape index (κ3) is 5.47. The minimum atomic E-state index is -3.92. The Bertz CT molecular complexity index is 987. The number of aromatic nitrogens is 1. The number of nitrogen functional groups attached to an aromatic ring is 1. The van der Waals surface area contributed by atoms with Gasteiger partial charge in [-0.25, -0.2) is 18.1 Å². The zero-order chi connectivity index (χ0) is 20.9. The Morgan fingerprint density at radius 1 is 1.25 bits per heavy atom. The van der Waals surface area contributed by atoms with E-state index in [4.69, 9.17) is 26.8 Å². The predicted octanol–water partition coefficient (Wildman–Crippen LogP) is 2.40. The van der Waals surface area contributed by atoms with Crippen LogP contribution in [0.15, 0.2) is 33.8 Å². The number of hydrogen-bond donors (Lipinski definition) is 3. The number of sulfonamides is 1.